The van der Waals surface area contributed by atoms with Gasteiger partial charge in [0.2, 0.25) is 0 Å². The Kier molecular flexibility index (Phi) is 4.74. The molecule has 1 heterocycles. The monoisotopic (exact) mass is 458 g/mol. The van der Waals surface area contributed by atoms with Crippen LogP contribution >= 0.6 is 11.6 Å². The Balaban J connectivity index is 1.16. The second-order valence-corrected chi connectivity index (χ2v) is 9.01. The van der Waals surface area contributed by atoms with Crippen LogP contribution in [0.2, 0.25) is 5.02 Å². The number of halogens is 2. The Bertz CT molecular complexity index is 1210. The minimum Gasteiger partial charge on any atom is -0.484 e. The average molecular weight is 459 g/mol. The number of benzene rings is 2. The van der Waals surface area contributed by atoms with E-state index in [-0.39, 0.29) is 23.3 Å². The number of aromatic amines is 1. The molecule has 3 aliphatic carbocycles. The Morgan fingerprint density at radius 3 is 2.69 bits per heavy atom. The molecule has 4 N–H and O–H groups in total. The summed E-state index contributed by atoms with van der Waals surface area (Å²) in [5.41, 5.74) is 5.52. The van der Waals surface area contributed by atoms with Gasteiger partial charge in [-0.2, -0.15) is 5.10 Å². The van der Waals surface area contributed by atoms with Crippen molar-refractivity contribution in [1.29, 1.82) is 0 Å². The maximum atomic E-state index is 13.7. The van der Waals surface area contributed by atoms with Crippen LogP contribution in [0.3, 0.4) is 0 Å². The topological polar surface area (TPSA) is 119 Å². The maximum Gasteiger partial charge on any atom is 0.259 e. The average Bonchev–Trinajstić information content (AvgIpc) is 3.17. The zero-order valence-corrected chi connectivity index (χ0v) is 17.6. The standard InChI is InChI=1S/C22H20ClFN4O4/c23-15-4-3-14(5-16(15)24)32-19(20(25)30)21-9-22(10-21,11-21)27-18(29)8-31-13-2-1-12-7-26-28-17(12)6-13/h1-7,19H,8-11H2,(H2,25,30)(H,26,28)(H,27,29). The SMILES string of the molecule is NC(=O)C(Oc1ccc(Cl)c(F)c1)C12CC(NC(=O)COc3ccc4cn[nH]c4c3)(C1)C2. The van der Waals surface area contributed by atoms with Gasteiger partial charge in [0.05, 0.1) is 16.7 Å². The number of fused-ring (bicyclic) bond motifs is 1. The van der Waals surface area contributed by atoms with Gasteiger partial charge in [0.25, 0.3) is 11.8 Å². The number of carbonyl (C=O) groups excluding carboxylic acids is 2. The molecule has 8 nitrogen and oxygen atoms in total. The van der Waals surface area contributed by atoms with E-state index in [4.69, 9.17) is 26.8 Å². The van der Waals surface area contributed by atoms with Crippen molar-refractivity contribution in [2.75, 3.05) is 6.61 Å². The third kappa shape index (κ3) is 3.52. The van der Waals surface area contributed by atoms with Crippen LogP contribution in [0.5, 0.6) is 11.5 Å². The van der Waals surface area contributed by atoms with Gasteiger partial charge in [-0.3, -0.25) is 14.7 Å². The fourth-order valence-electron chi connectivity index (χ4n) is 4.93. The van der Waals surface area contributed by atoms with Crippen LogP contribution in [0.15, 0.2) is 42.6 Å². The lowest BCUT2D eigenvalue weighted by Crippen LogP contribution is -2.80. The highest BCUT2D eigenvalue weighted by Crippen LogP contribution is 2.69. The van der Waals surface area contributed by atoms with E-state index in [0.29, 0.717) is 25.0 Å². The molecule has 6 rings (SSSR count). The van der Waals surface area contributed by atoms with E-state index in [1.807, 2.05) is 6.07 Å². The fourth-order valence-corrected chi connectivity index (χ4v) is 5.05. The smallest absolute Gasteiger partial charge is 0.259 e. The number of amides is 2. The minimum absolute atomic E-state index is 0.0353. The third-order valence-corrected chi connectivity index (χ3v) is 6.53. The molecule has 0 radical (unpaired) electrons. The Morgan fingerprint density at radius 2 is 1.97 bits per heavy atom. The maximum absolute atomic E-state index is 13.7. The number of ether oxygens (including phenoxy) is 2. The van der Waals surface area contributed by atoms with Crippen molar-refractivity contribution in [2.45, 2.75) is 30.9 Å². The van der Waals surface area contributed by atoms with Crippen LogP contribution in [0.4, 0.5) is 4.39 Å². The summed E-state index contributed by atoms with van der Waals surface area (Å²) in [6, 6.07) is 9.38. The number of nitrogens with one attached hydrogen (secondary N) is 2. The molecular formula is C22H20ClFN4O4. The van der Waals surface area contributed by atoms with Crippen LogP contribution in [0, 0.1) is 11.2 Å². The molecule has 2 aromatic carbocycles. The molecule has 10 heteroatoms. The van der Waals surface area contributed by atoms with Gasteiger partial charge in [0, 0.05) is 28.5 Å². The molecule has 0 aliphatic heterocycles. The van der Waals surface area contributed by atoms with Crippen molar-refractivity contribution in [3.8, 4) is 11.5 Å². The first-order chi connectivity index (χ1) is 15.3. The number of hydrogen-bond donors (Lipinski definition) is 3. The van der Waals surface area contributed by atoms with Crippen molar-refractivity contribution in [3.05, 3.63) is 53.4 Å². The van der Waals surface area contributed by atoms with E-state index in [2.05, 4.69) is 15.5 Å². The highest BCUT2D eigenvalue weighted by atomic mass is 35.5. The molecule has 1 aromatic heterocycles. The molecule has 2 amide bonds. The van der Waals surface area contributed by atoms with Crippen LogP contribution in [-0.2, 0) is 9.59 Å². The Hall–Kier alpha value is -3.33. The summed E-state index contributed by atoms with van der Waals surface area (Å²) in [6.45, 7) is -0.131. The van der Waals surface area contributed by atoms with Gasteiger partial charge >= 0.3 is 0 Å². The highest BCUT2D eigenvalue weighted by Gasteiger charge is 2.73. The molecule has 32 heavy (non-hydrogen) atoms. The lowest BCUT2D eigenvalue weighted by Gasteiger charge is -2.71. The first-order valence-electron chi connectivity index (χ1n) is 10.1. The largest absolute Gasteiger partial charge is 0.484 e. The minimum atomic E-state index is -0.917. The molecule has 1 unspecified atom stereocenters. The number of nitrogens with two attached hydrogens (primary N) is 1. The number of primary amides is 1. The number of hydrogen-bond acceptors (Lipinski definition) is 5. The molecular weight excluding hydrogens is 439 g/mol. The molecule has 166 valence electrons. The van der Waals surface area contributed by atoms with Crippen LogP contribution in [0.25, 0.3) is 10.9 Å². The van der Waals surface area contributed by atoms with Crippen LogP contribution < -0.4 is 20.5 Å². The molecule has 3 aromatic rings. The van der Waals surface area contributed by atoms with Crippen molar-refractivity contribution < 1.29 is 23.5 Å². The normalized spacial score (nSPS) is 24.2. The summed E-state index contributed by atoms with van der Waals surface area (Å²) in [5.74, 6) is -0.776. The predicted octanol–water partition coefficient (Wildman–Crippen LogP) is 2.71. The quantitative estimate of drug-likeness (QED) is 0.479. The van der Waals surface area contributed by atoms with E-state index >= 15 is 0 Å². The predicted molar refractivity (Wildman–Crippen MR) is 114 cm³/mol. The zero-order chi connectivity index (χ0) is 22.5. The van der Waals surface area contributed by atoms with Crippen molar-refractivity contribution in [3.63, 3.8) is 0 Å². The Labute approximate surface area is 187 Å². The van der Waals surface area contributed by atoms with Crippen molar-refractivity contribution in [1.82, 2.24) is 15.5 Å². The lowest BCUT2D eigenvalue weighted by molar-refractivity contribution is -0.208. The van der Waals surface area contributed by atoms with Gasteiger partial charge < -0.3 is 20.5 Å². The van der Waals surface area contributed by atoms with E-state index in [1.54, 1.807) is 18.3 Å². The number of nitrogens with zero attached hydrogens (tertiary/aromatic N) is 1. The summed E-state index contributed by atoms with van der Waals surface area (Å²) < 4.78 is 25.0. The van der Waals surface area contributed by atoms with Crippen molar-refractivity contribution in [2.24, 2.45) is 11.1 Å². The van der Waals surface area contributed by atoms with Crippen LogP contribution in [0.1, 0.15) is 19.3 Å². The second kappa shape index (κ2) is 7.37. The first-order valence-corrected chi connectivity index (χ1v) is 10.4. The molecule has 3 aliphatic rings. The van der Waals surface area contributed by atoms with E-state index in [1.165, 1.54) is 12.1 Å². The van der Waals surface area contributed by atoms with Gasteiger partial charge in [0.15, 0.2) is 12.7 Å². The summed E-state index contributed by atoms with van der Waals surface area (Å²) in [4.78, 5) is 24.4. The summed E-state index contributed by atoms with van der Waals surface area (Å²) in [6.07, 6.45) is 2.44. The number of carbonyl (C=O) groups is 2. The number of rotatable bonds is 8. The summed E-state index contributed by atoms with van der Waals surface area (Å²) in [7, 11) is 0. The molecule has 3 saturated carbocycles. The van der Waals surface area contributed by atoms with Gasteiger partial charge in [-0.25, -0.2) is 4.39 Å². The first kappa shape index (κ1) is 20.6. The van der Waals surface area contributed by atoms with Gasteiger partial charge in [-0.15, -0.1) is 0 Å². The fraction of sp³-hybridized carbons (Fsp3) is 0.318. The zero-order valence-electron chi connectivity index (χ0n) is 16.9. The van der Waals surface area contributed by atoms with Gasteiger partial charge in [-0.05, 0) is 43.5 Å². The molecule has 0 saturated heterocycles. The molecule has 0 spiro atoms. The molecule has 1 atom stereocenters. The number of aromatic nitrogens is 2. The summed E-state index contributed by atoms with van der Waals surface area (Å²) >= 11 is 5.69. The second-order valence-electron chi connectivity index (χ2n) is 8.61. The molecule has 2 bridgehead atoms. The lowest BCUT2D eigenvalue weighted by atomic mass is 9.37. The van der Waals surface area contributed by atoms with Gasteiger partial charge in [-0.1, -0.05) is 11.6 Å². The van der Waals surface area contributed by atoms with E-state index in [0.717, 1.165) is 17.0 Å². The van der Waals surface area contributed by atoms with Crippen LogP contribution in [-0.4, -0.2) is 40.3 Å². The molecule has 3 fully saturated rings. The highest BCUT2D eigenvalue weighted by molar-refractivity contribution is 6.30. The van der Waals surface area contributed by atoms with E-state index in [9.17, 15) is 14.0 Å². The van der Waals surface area contributed by atoms with Gasteiger partial charge in [0.1, 0.15) is 17.3 Å². The van der Waals surface area contributed by atoms with E-state index < -0.39 is 28.8 Å². The third-order valence-electron chi connectivity index (χ3n) is 6.22. The van der Waals surface area contributed by atoms with Crippen molar-refractivity contribution >= 4 is 34.3 Å². The summed E-state index contributed by atoms with van der Waals surface area (Å²) in [5, 5.41) is 10.7. The Morgan fingerprint density at radius 1 is 1.22 bits per heavy atom. The number of H-pyrrole nitrogens is 1.